The van der Waals surface area contributed by atoms with E-state index in [1.165, 1.54) is 6.42 Å². The highest BCUT2D eigenvalue weighted by atomic mass is 16.2. The number of nitrogens with one attached hydrogen (secondary N) is 1. The van der Waals surface area contributed by atoms with Crippen molar-refractivity contribution >= 4 is 22.6 Å². The van der Waals surface area contributed by atoms with Crippen molar-refractivity contribution in [3.05, 3.63) is 48.0 Å². The molecule has 1 atom stereocenters. The van der Waals surface area contributed by atoms with Gasteiger partial charge in [0.15, 0.2) is 0 Å². The summed E-state index contributed by atoms with van der Waals surface area (Å²) in [6.45, 7) is 1.48. The Morgan fingerprint density at radius 3 is 2.52 bits per heavy atom. The van der Waals surface area contributed by atoms with E-state index in [2.05, 4.69) is 5.32 Å². The average molecular weight is 336 g/mol. The third kappa shape index (κ3) is 3.39. The molecular formula is C21H24N2O2. The monoisotopic (exact) mass is 336 g/mol. The van der Waals surface area contributed by atoms with Gasteiger partial charge in [-0.05, 0) is 48.6 Å². The van der Waals surface area contributed by atoms with E-state index in [4.69, 9.17) is 0 Å². The first-order valence-electron chi connectivity index (χ1n) is 9.29. The summed E-state index contributed by atoms with van der Waals surface area (Å²) < 4.78 is 0. The van der Waals surface area contributed by atoms with E-state index in [9.17, 15) is 9.59 Å². The van der Waals surface area contributed by atoms with Crippen molar-refractivity contribution in [3.63, 3.8) is 0 Å². The highest BCUT2D eigenvalue weighted by molar-refractivity contribution is 5.98. The number of carbonyl (C=O) groups is 2. The van der Waals surface area contributed by atoms with Crippen LogP contribution in [0, 0.1) is 5.92 Å². The second-order valence-electron chi connectivity index (χ2n) is 7.29. The number of amides is 2. The molecule has 130 valence electrons. The van der Waals surface area contributed by atoms with Crippen LogP contribution >= 0.6 is 0 Å². The number of fused-ring (bicyclic) bond motifs is 1. The van der Waals surface area contributed by atoms with Crippen molar-refractivity contribution in [2.75, 3.05) is 13.1 Å². The number of hydrogen-bond donors (Lipinski definition) is 1. The summed E-state index contributed by atoms with van der Waals surface area (Å²) in [5.74, 6) is 0.472. The molecule has 4 heteroatoms. The van der Waals surface area contributed by atoms with Crippen LogP contribution in [-0.2, 0) is 4.79 Å². The van der Waals surface area contributed by atoms with Gasteiger partial charge in [-0.2, -0.15) is 0 Å². The van der Waals surface area contributed by atoms with Crippen LogP contribution < -0.4 is 5.32 Å². The zero-order valence-corrected chi connectivity index (χ0v) is 14.4. The third-order valence-electron chi connectivity index (χ3n) is 5.53. The van der Waals surface area contributed by atoms with Crippen LogP contribution in [0.5, 0.6) is 0 Å². The molecule has 2 aliphatic rings. The quantitative estimate of drug-likeness (QED) is 0.934. The van der Waals surface area contributed by atoms with Crippen LogP contribution in [0.1, 0.15) is 42.5 Å². The third-order valence-corrected chi connectivity index (χ3v) is 5.53. The van der Waals surface area contributed by atoms with Gasteiger partial charge in [-0.1, -0.05) is 36.8 Å². The summed E-state index contributed by atoms with van der Waals surface area (Å²) in [6.07, 6.45) is 5.13. The Kier molecular flexibility index (Phi) is 4.43. The zero-order valence-electron chi connectivity index (χ0n) is 14.4. The lowest BCUT2D eigenvalue weighted by Gasteiger charge is -2.37. The summed E-state index contributed by atoms with van der Waals surface area (Å²) in [5, 5.41) is 5.33. The summed E-state index contributed by atoms with van der Waals surface area (Å²) in [5.41, 5.74) is 0.682. The molecule has 0 bridgehead atoms. The smallest absolute Gasteiger partial charge is 0.251 e. The molecule has 1 aliphatic carbocycles. The average Bonchev–Trinajstić information content (AvgIpc) is 2.60. The molecule has 4 rings (SSSR count). The minimum Gasteiger partial charge on any atom is -0.348 e. The fourth-order valence-electron chi connectivity index (χ4n) is 3.81. The maximum absolute atomic E-state index is 12.6. The Labute approximate surface area is 148 Å². The molecule has 4 nitrogen and oxygen atoms in total. The SMILES string of the molecule is O=C(NC1CCCN(C(=O)C2CCC2)C1)c1ccc2ccccc2c1. The van der Waals surface area contributed by atoms with Crippen molar-refractivity contribution in [1.82, 2.24) is 10.2 Å². The van der Waals surface area contributed by atoms with Crippen LogP contribution in [0.15, 0.2) is 42.5 Å². The Bertz CT molecular complexity index is 797. The summed E-state index contributed by atoms with van der Waals surface area (Å²) in [4.78, 5) is 27.0. The van der Waals surface area contributed by atoms with Crippen LogP contribution in [0.3, 0.4) is 0 Å². The van der Waals surface area contributed by atoms with Crippen molar-refractivity contribution in [2.45, 2.75) is 38.1 Å². The van der Waals surface area contributed by atoms with Gasteiger partial charge in [-0.15, -0.1) is 0 Å². The van der Waals surface area contributed by atoms with Crippen LogP contribution in [0.25, 0.3) is 10.8 Å². The molecule has 0 radical (unpaired) electrons. The summed E-state index contributed by atoms with van der Waals surface area (Å²) in [7, 11) is 0. The van der Waals surface area contributed by atoms with E-state index < -0.39 is 0 Å². The van der Waals surface area contributed by atoms with E-state index in [0.29, 0.717) is 12.1 Å². The molecule has 1 saturated heterocycles. The highest BCUT2D eigenvalue weighted by Gasteiger charge is 2.32. The Morgan fingerprint density at radius 2 is 1.76 bits per heavy atom. The lowest BCUT2D eigenvalue weighted by Crippen LogP contribution is -2.51. The minimum absolute atomic E-state index is 0.0475. The molecule has 2 fully saturated rings. The summed E-state index contributed by atoms with van der Waals surface area (Å²) >= 11 is 0. The van der Waals surface area contributed by atoms with Crippen LogP contribution in [-0.4, -0.2) is 35.8 Å². The number of benzene rings is 2. The van der Waals surface area contributed by atoms with Crippen molar-refractivity contribution in [3.8, 4) is 0 Å². The molecule has 2 amide bonds. The number of nitrogens with zero attached hydrogens (tertiary/aromatic N) is 1. The predicted octanol–water partition coefficient (Wildman–Crippen LogP) is 3.36. The van der Waals surface area contributed by atoms with Crippen LogP contribution in [0.2, 0.25) is 0 Å². The number of carbonyl (C=O) groups excluding carboxylic acids is 2. The summed E-state index contributed by atoms with van der Waals surface area (Å²) in [6, 6.07) is 13.9. The molecule has 25 heavy (non-hydrogen) atoms. The largest absolute Gasteiger partial charge is 0.348 e. The van der Waals surface area contributed by atoms with Gasteiger partial charge in [-0.3, -0.25) is 9.59 Å². The molecule has 1 aliphatic heterocycles. The molecule has 2 aromatic rings. The normalized spacial score (nSPS) is 21.0. The van der Waals surface area contributed by atoms with E-state index in [1.54, 1.807) is 0 Å². The topological polar surface area (TPSA) is 49.4 Å². The van der Waals surface area contributed by atoms with Crippen LogP contribution in [0.4, 0.5) is 0 Å². The van der Waals surface area contributed by atoms with E-state index in [-0.39, 0.29) is 23.8 Å². The first-order chi connectivity index (χ1) is 12.2. The first-order valence-corrected chi connectivity index (χ1v) is 9.29. The Morgan fingerprint density at radius 1 is 0.960 bits per heavy atom. The fourth-order valence-corrected chi connectivity index (χ4v) is 3.81. The Hall–Kier alpha value is -2.36. The fraction of sp³-hybridized carbons (Fsp3) is 0.429. The molecule has 1 unspecified atom stereocenters. The Balaban J connectivity index is 1.41. The van der Waals surface area contributed by atoms with Gasteiger partial charge in [-0.25, -0.2) is 0 Å². The second-order valence-corrected chi connectivity index (χ2v) is 7.29. The van der Waals surface area contributed by atoms with E-state index >= 15 is 0 Å². The van der Waals surface area contributed by atoms with Gasteiger partial charge in [0, 0.05) is 30.6 Å². The predicted molar refractivity (Wildman–Crippen MR) is 98.4 cm³/mol. The van der Waals surface area contributed by atoms with Gasteiger partial charge in [0.25, 0.3) is 5.91 Å². The minimum atomic E-state index is -0.0475. The van der Waals surface area contributed by atoms with E-state index in [0.717, 1.165) is 43.0 Å². The number of likely N-dealkylation sites (tertiary alicyclic amines) is 1. The number of hydrogen-bond acceptors (Lipinski definition) is 2. The van der Waals surface area contributed by atoms with Crippen molar-refractivity contribution < 1.29 is 9.59 Å². The number of rotatable bonds is 3. The zero-order chi connectivity index (χ0) is 17.2. The standard InChI is InChI=1S/C21H24N2O2/c24-20(18-11-10-15-5-1-2-6-17(15)13-18)22-19-9-4-12-23(14-19)21(25)16-7-3-8-16/h1-2,5-6,10-11,13,16,19H,3-4,7-9,12,14H2,(H,22,24). The van der Waals surface area contributed by atoms with Gasteiger partial charge < -0.3 is 10.2 Å². The molecule has 0 spiro atoms. The second kappa shape index (κ2) is 6.87. The van der Waals surface area contributed by atoms with E-state index in [1.807, 2.05) is 47.4 Å². The molecular weight excluding hydrogens is 312 g/mol. The first kappa shape index (κ1) is 16.1. The maximum Gasteiger partial charge on any atom is 0.251 e. The van der Waals surface area contributed by atoms with Gasteiger partial charge in [0.1, 0.15) is 0 Å². The highest BCUT2D eigenvalue weighted by Crippen LogP contribution is 2.29. The van der Waals surface area contributed by atoms with Gasteiger partial charge >= 0.3 is 0 Å². The number of piperidine rings is 1. The molecule has 1 heterocycles. The molecule has 2 aromatic carbocycles. The molecule has 0 aromatic heterocycles. The van der Waals surface area contributed by atoms with Crippen molar-refractivity contribution in [2.24, 2.45) is 5.92 Å². The lowest BCUT2D eigenvalue weighted by molar-refractivity contribution is -0.139. The van der Waals surface area contributed by atoms with Gasteiger partial charge in [0.2, 0.25) is 5.91 Å². The lowest BCUT2D eigenvalue weighted by atomic mass is 9.84. The molecule has 1 N–H and O–H groups in total. The maximum atomic E-state index is 12.6. The molecule has 1 saturated carbocycles. The van der Waals surface area contributed by atoms with Crippen molar-refractivity contribution in [1.29, 1.82) is 0 Å². The van der Waals surface area contributed by atoms with Gasteiger partial charge in [0.05, 0.1) is 0 Å².